The summed E-state index contributed by atoms with van der Waals surface area (Å²) in [5, 5.41) is 6.00. The summed E-state index contributed by atoms with van der Waals surface area (Å²) in [5.74, 6) is 0. The SMILES string of the molecule is CSc1ccc(C2=NNC(c3cc(Cl)c(Cl)cc3Cl)C2)cc1. The maximum Gasteiger partial charge on any atom is 0.0760 e. The van der Waals surface area contributed by atoms with E-state index in [2.05, 4.69) is 41.0 Å². The Balaban J connectivity index is 1.80. The van der Waals surface area contributed by atoms with E-state index in [1.165, 1.54) is 4.90 Å². The fourth-order valence-corrected chi connectivity index (χ4v) is 3.49. The fourth-order valence-electron chi connectivity index (χ4n) is 2.39. The van der Waals surface area contributed by atoms with E-state index < -0.39 is 0 Å². The molecule has 0 amide bonds. The van der Waals surface area contributed by atoms with Crippen LogP contribution in [0, 0.1) is 0 Å². The van der Waals surface area contributed by atoms with E-state index in [4.69, 9.17) is 34.8 Å². The first-order chi connectivity index (χ1) is 10.6. The van der Waals surface area contributed by atoms with E-state index in [-0.39, 0.29) is 6.04 Å². The van der Waals surface area contributed by atoms with Crippen molar-refractivity contribution < 1.29 is 0 Å². The molecule has 1 aliphatic rings. The van der Waals surface area contributed by atoms with Crippen molar-refractivity contribution in [3.8, 4) is 0 Å². The first-order valence-corrected chi connectivity index (χ1v) is 9.05. The monoisotopic (exact) mass is 370 g/mol. The maximum atomic E-state index is 6.28. The van der Waals surface area contributed by atoms with Gasteiger partial charge in [-0.15, -0.1) is 11.8 Å². The predicted molar refractivity (Wildman–Crippen MR) is 96.7 cm³/mol. The van der Waals surface area contributed by atoms with Gasteiger partial charge >= 0.3 is 0 Å². The third-order valence-electron chi connectivity index (χ3n) is 3.59. The normalized spacial score (nSPS) is 17.3. The van der Waals surface area contributed by atoms with Crippen molar-refractivity contribution in [2.45, 2.75) is 17.4 Å². The van der Waals surface area contributed by atoms with Gasteiger partial charge in [-0.05, 0) is 41.6 Å². The van der Waals surface area contributed by atoms with Gasteiger partial charge in [-0.2, -0.15) is 5.10 Å². The Hall–Kier alpha value is -0.870. The Bertz CT molecular complexity index is 729. The van der Waals surface area contributed by atoms with Crippen molar-refractivity contribution >= 4 is 52.3 Å². The topological polar surface area (TPSA) is 24.4 Å². The van der Waals surface area contributed by atoms with Crippen LogP contribution >= 0.6 is 46.6 Å². The average molecular weight is 372 g/mol. The van der Waals surface area contributed by atoms with E-state index in [1.807, 2.05) is 0 Å². The molecule has 0 saturated heterocycles. The van der Waals surface area contributed by atoms with Crippen molar-refractivity contribution in [3.05, 3.63) is 62.6 Å². The second-order valence-corrected chi connectivity index (χ2v) is 7.06. The number of thioether (sulfide) groups is 1. The van der Waals surface area contributed by atoms with Gasteiger partial charge in [-0.25, -0.2) is 0 Å². The summed E-state index contributed by atoms with van der Waals surface area (Å²) in [7, 11) is 0. The number of halogens is 3. The molecule has 0 aliphatic carbocycles. The average Bonchev–Trinajstić information content (AvgIpc) is 3.00. The summed E-state index contributed by atoms with van der Waals surface area (Å²) in [4.78, 5) is 1.24. The van der Waals surface area contributed by atoms with E-state index >= 15 is 0 Å². The smallest absolute Gasteiger partial charge is 0.0760 e. The molecule has 0 fully saturated rings. The second kappa shape index (κ2) is 6.71. The van der Waals surface area contributed by atoms with Crippen molar-refractivity contribution in [1.29, 1.82) is 0 Å². The Kier molecular flexibility index (Phi) is 4.88. The molecule has 2 nitrogen and oxygen atoms in total. The lowest BCUT2D eigenvalue weighted by Gasteiger charge is -2.13. The molecule has 2 aromatic carbocycles. The number of hydrogen-bond acceptors (Lipinski definition) is 3. The molecule has 0 radical (unpaired) electrons. The Labute approximate surface area is 148 Å². The standard InChI is InChI=1S/C16H13Cl3N2S/c1-22-10-4-2-9(3-5-10)15-8-16(21-20-15)11-6-13(18)14(19)7-12(11)17/h2-7,16,21H,8H2,1H3. The molecule has 0 aromatic heterocycles. The van der Waals surface area contributed by atoms with Gasteiger partial charge in [0.25, 0.3) is 0 Å². The van der Waals surface area contributed by atoms with Gasteiger partial charge in [0.05, 0.1) is 21.8 Å². The van der Waals surface area contributed by atoms with E-state index in [9.17, 15) is 0 Å². The van der Waals surface area contributed by atoms with Crippen LogP contribution in [0.4, 0.5) is 0 Å². The van der Waals surface area contributed by atoms with Gasteiger partial charge in [-0.3, -0.25) is 0 Å². The molecule has 3 rings (SSSR count). The van der Waals surface area contributed by atoms with Gasteiger partial charge in [-0.1, -0.05) is 46.9 Å². The Morgan fingerprint density at radius 3 is 2.41 bits per heavy atom. The molecule has 0 saturated carbocycles. The van der Waals surface area contributed by atoms with Crippen LogP contribution in [-0.4, -0.2) is 12.0 Å². The molecule has 1 aliphatic heterocycles. The second-order valence-electron chi connectivity index (χ2n) is 4.96. The molecule has 114 valence electrons. The zero-order valence-corrected chi connectivity index (χ0v) is 14.8. The minimum absolute atomic E-state index is 0.0116. The summed E-state index contributed by atoms with van der Waals surface area (Å²) in [5.41, 5.74) is 6.18. The highest BCUT2D eigenvalue weighted by Crippen LogP contribution is 2.35. The number of rotatable bonds is 3. The summed E-state index contributed by atoms with van der Waals surface area (Å²) < 4.78 is 0. The minimum atomic E-state index is 0.0116. The summed E-state index contributed by atoms with van der Waals surface area (Å²) in [6, 6.07) is 11.9. The molecule has 1 N–H and O–H groups in total. The van der Waals surface area contributed by atoms with E-state index in [1.54, 1.807) is 23.9 Å². The number of hydrazone groups is 1. The number of hydrogen-bond donors (Lipinski definition) is 1. The van der Waals surface area contributed by atoms with Crippen LogP contribution in [0.2, 0.25) is 15.1 Å². The third-order valence-corrected chi connectivity index (χ3v) is 5.38. The Morgan fingerprint density at radius 1 is 1.05 bits per heavy atom. The van der Waals surface area contributed by atoms with Gasteiger partial charge in [0.1, 0.15) is 0 Å². The lowest BCUT2D eigenvalue weighted by Crippen LogP contribution is -2.10. The van der Waals surface area contributed by atoms with Crippen molar-refractivity contribution in [3.63, 3.8) is 0 Å². The highest BCUT2D eigenvalue weighted by molar-refractivity contribution is 7.98. The van der Waals surface area contributed by atoms with Crippen LogP contribution in [-0.2, 0) is 0 Å². The predicted octanol–water partition coefficient (Wildman–Crippen LogP) is 5.81. The minimum Gasteiger partial charge on any atom is -0.302 e. The van der Waals surface area contributed by atoms with Crippen LogP contribution < -0.4 is 5.43 Å². The van der Waals surface area contributed by atoms with Gasteiger partial charge in [0.15, 0.2) is 0 Å². The van der Waals surface area contributed by atoms with Gasteiger partial charge in [0.2, 0.25) is 0 Å². The zero-order valence-electron chi connectivity index (χ0n) is 11.7. The molecule has 2 aromatic rings. The molecular formula is C16H13Cl3N2S. The van der Waals surface area contributed by atoms with Gasteiger partial charge < -0.3 is 5.43 Å². The van der Waals surface area contributed by atoms with Gasteiger partial charge in [0, 0.05) is 16.3 Å². The van der Waals surface area contributed by atoms with E-state index in [0.29, 0.717) is 15.1 Å². The van der Waals surface area contributed by atoms with Crippen LogP contribution in [0.15, 0.2) is 46.4 Å². The summed E-state index contributed by atoms with van der Waals surface area (Å²) >= 11 is 20.1. The van der Waals surface area contributed by atoms with Crippen LogP contribution in [0.3, 0.4) is 0 Å². The maximum absolute atomic E-state index is 6.28. The molecule has 0 spiro atoms. The van der Waals surface area contributed by atoms with Crippen LogP contribution in [0.1, 0.15) is 23.6 Å². The molecule has 6 heteroatoms. The van der Waals surface area contributed by atoms with Crippen molar-refractivity contribution in [2.24, 2.45) is 5.10 Å². The lowest BCUT2D eigenvalue weighted by molar-refractivity contribution is 0.620. The van der Waals surface area contributed by atoms with Crippen molar-refractivity contribution in [1.82, 2.24) is 5.43 Å². The third kappa shape index (κ3) is 3.23. The fraction of sp³-hybridized carbons (Fsp3) is 0.188. The summed E-state index contributed by atoms with van der Waals surface area (Å²) in [6.45, 7) is 0. The first kappa shape index (κ1) is 16.0. The number of nitrogens with zero attached hydrogens (tertiary/aromatic N) is 1. The summed E-state index contributed by atoms with van der Waals surface area (Å²) in [6.07, 6.45) is 2.82. The lowest BCUT2D eigenvalue weighted by atomic mass is 9.99. The molecule has 22 heavy (non-hydrogen) atoms. The molecule has 0 bridgehead atoms. The molecular weight excluding hydrogens is 359 g/mol. The highest BCUT2D eigenvalue weighted by atomic mass is 35.5. The quantitative estimate of drug-likeness (QED) is 0.544. The molecule has 1 unspecified atom stereocenters. The Morgan fingerprint density at radius 2 is 1.73 bits per heavy atom. The highest BCUT2D eigenvalue weighted by Gasteiger charge is 2.24. The zero-order chi connectivity index (χ0) is 15.7. The number of nitrogens with one attached hydrogen (secondary N) is 1. The molecule has 1 heterocycles. The van der Waals surface area contributed by atoms with E-state index in [0.717, 1.165) is 23.3 Å². The number of benzene rings is 2. The largest absolute Gasteiger partial charge is 0.302 e. The van der Waals surface area contributed by atoms with Crippen LogP contribution in [0.5, 0.6) is 0 Å². The first-order valence-electron chi connectivity index (χ1n) is 6.69. The van der Waals surface area contributed by atoms with Crippen molar-refractivity contribution in [2.75, 3.05) is 6.26 Å². The molecule has 1 atom stereocenters. The van der Waals surface area contributed by atoms with Crippen LogP contribution in [0.25, 0.3) is 0 Å².